The van der Waals surface area contributed by atoms with Gasteiger partial charge in [0.05, 0.1) is 5.92 Å². The van der Waals surface area contributed by atoms with Gasteiger partial charge in [-0.3, -0.25) is 4.79 Å². The fourth-order valence-corrected chi connectivity index (χ4v) is 2.14. The molecule has 0 aliphatic heterocycles. The van der Waals surface area contributed by atoms with Crippen LogP contribution < -0.4 is 0 Å². The predicted molar refractivity (Wildman–Crippen MR) is 51.3 cm³/mol. The molecule has 0 aromatic carbocycles. The maximum Gasteiger partial charge on any atom is 0.333 e. The highest BCUT2D eigenvalue weighted by Crippen LogP contribution is 2.31. The molecule has 5 heteroatoms. The summed E-state index contributed by atoms with van der Waals surface area (Å²) in [7, 11) is 0. The van der Waals surface area contributed by atoms with Gasteiger partial charge in [0.1, 0.15) is 0 Å². The van der Waals surface area contributed by atoms with E-state index in [-0.39, 0.29) is 12.3 Å². The summed E-state index contributed by atoms with van der Waals surface area (Å²) in [6, 6.07) is 0. The zero-order valence-electron chi connectivity index (χ0n) is 8.43. The second-order valence-electron chi connectivity index (χ2n) is 4.11. The quantitative estimate of drug-likeness (QED) is 0.629. The van der Waals surface area contributed by atoms with Crippen molar-refractivity contribution in [2.75, 3.05) is 0 Å². The summed E-state index contributed by atoms with van der Waals surface area (Å²) in [5.41, 5.74) is 0. The Kier molecular flexibility index (Phi) is 4.08. The fraction of sp³-hybridized carbons (Fsp3) is 0.800. The monoisotopic (exact) mass is 216 g/mol. The maximum absolute atomic E-state index is 10.8. The third kappa shape index (κ3) is 3.20. The van der Waals surface area contributed by atoms with E-state index in [0.717, 1.165) is 25.7 Å². The van der Waals surface area contributed by atoms with E-state index < -0.39 is 24.0 Å². The topological polar surface area (TPSA) is 94.8 Å². The fourth-order valence-electron chi connectivity index (χ4n) is 2.14. The third-order valence-electron chi connectivity index (χ3n) is 3.01. The average molecular weight is 216 g/mol. The number of aliphatic hydroxyl groups is 1. The van der Waals surface area contributed by atoms with E-state index in [9.17, 15) is 14.7 Å². The van der Waals surface area contributed by atoms with Crippen molar-refractivity contribution in [1.29, 1.82) is 0 Å². The lowest BCUT2D eigenvalue weighted by molar-refractivity contribution is -0.160. The first-order valence-corrected chi connectivity index (χ1v) is 5.16. The number of aliphatic hydroxyl groups excluding tert-OH is 1. The van der Waals surface area contributed by atoms with E-state index in [1.807, 2.05) is 0 Å². The van der Waals surface area contributed by atoms with Gasteiger partial charge < -0.3 is 15.3 Å². The first-order valence-electron chi connectivity index (χ1n) is 5.16. The Hall–Kier alpha value is -1.10. The Balaban J connectivity index is 2.57. The lowest BCUT2D eigenvalue weighted by atomic mass is 9.89. The van der Waals surface area contributed by atoms with Crippen LogP contribution in [0.1, 0.15) is 32.1 Å². The van der Waals surface area contributed by atoms with E-state index >= 15 is 0 Å². The minimum atomic E-state index is -1.79. The summed E-state index contributed by atoms with van der Waals surface area (Å²) < 4.78 is 0. The Morgan fingerprint density at radius 1 is 1.13 bits per heavy atom. The van der Waals surface area contributed by atoms with Crippen LogP contribution in [0.25, 0.3) is 0 Å². The minimum Gasteiger partial charge on any atom is -0.481 e. The number of rotatable bonds is 5. The van der Waals surface area contributed by atoms with E-state index in [4.69, 9.17) is 10.2 Å². The molecule has 0 unspecified atom stereocenters. The van der Waals surface area contributed by atoms with E-state index in [1.165, 1.54) is 0 Å². The molecule has 0 amide bonds. The number of carboxylic acids is 2. The van der Waals surface area contributed by atoms with Crippen molar-refractivity contribution < 1.29 is 24.9 Å². The molecule has 2 atom stereocenters. The summed E-state index contributed by atoms with van der Waals surface area (Å²) in [6.07, 6.45) is 2.50. The van der Waals surface area contributed by atoms with Gasteiger partial charge in [0.25, 0.3) is 0 Å². The van der Waals surface area contributed by atoms with Crippen LogP contribution in [-0.4, -0.2) is 33.4 Å². The molecule has 0 heterocycles. The van der Waals surface area contributed by atoms with E-state index in [2.05, 4.69) is 0 Å². The third-order valence-corrected chi connectivity index (χ3v) is 3.01. The SMILES string of the molecule is O=C(O)[C@@H](O)[C@@H](CC1CCCC1)C(=O)O. The number of carboxylic acid groups (broad SMARTS) is 2. The van der Waals surface area contributed by atoms with Gasteiger partial charge in [0.2, 0.25) is 0 Å². The lowest BCUT2D eigenvalue weighted by Gasteiger charge is -2.18. The zero-order chi connectivity index (χ0) is 11.4. The largest absolute Gasteiger partial charge is 0.481 e. The van der Waals surface area contributed by atoms with Crippen LogP contribution in [0.15, 0.2) is 0 Å². The number of aliphatic carboxylic acids is 2. The van der Waals surface area contributed by atoms with Gasteiger partial charge >= 0.3 is 11.9 Å². The molecule has 0 saturated heterocycles. The molecule has 1 saturated carbocycles. The normalized spacial score (nSPS) is 21.1. The number of hydrogen-bond acceptors (Lipinski definition) is 3. The van der Waals surface area contributed by atoms with Crippen molar-refractivity contribution in [3.05, 3.63) is 0 Å². The Labute approximate surface area is 87.7 Å². The molecule has 86 valence electrons. The number of carbonyl (C=O) groups is 2. The van der Waals surface area contributed by atoms with Gasteiger partial charge in [0, 0.05) is 0 Å². The van der Waals surface area contributed by atoms with Crippen molar-refractivity contribution in [1.82, 2.24) is 0 Å². The molecule has 1 aliphatic rings. The Morgan fingerprint density at radius 3 is 2.07 bits per heavy atom. The minimum absolute atomic E-state index is 0.250. The van der Waals surface area contributed by atoms with Crippen LogP contribution in [0.2, 0.25) is 0 Å². The predicted octanol–water partition coefficient (Wildman–Crippen LogP) is 0.713. The van der Waals surface area contributed by atoms with E-state index in [0.29, 0.717) is 0 Å². The molecular formula is C10H16O5. The van der Waals surface area contributed by atoms with Crippen LogP contribution in [0.4, 0.5) is 0 Å². The van der Waals surface area contributed by atoms with Crippen molar-refractivity contribution in [2.45, 2.75) is 38.2 Å². The molecule has 1 aliphatic carbocycles. The van der Waals surface area contributed by atoms with E-state index in [1.54, 1.807) is 0 Å². The summed E-state index contributed by atoms with van der Waals surface area (Å²) in [5.74, 6) is -3.61. The van der Waals surface area contributed by atoms with Crippen LogP contribution in [0.3, 0.4) is 0 Å². The second kappa shape index (κ2) is 5.11. The molecular weight excluding hydrogens is 200 g/mol. The molecule has 15 heavy (non-hydrogen) atoms. The maximum atomic E-state index is 10.8. The zero-order valence-corrected chi connectivity index (χ0v) is 8.43. The molecule has 0 bridgehead atoms. The second-order valence-corrected chi connectivity index (χ2v) is 4.11. The smallest absolute Gasteiger partial charge is 0.333 e. The van der Waals surface area contributed by atoms with Crippen LogP contribution in [0.5, 0.6) is 0 Å². The van der Waals surface area contributed by atoms with Crippen molar-refractivity contribution in [3.63, 3.8) is 0 Å². The van der Waals surface area contributed by atoms with Gasteiger partial charge in [-0.25, -0.2) is 4.79 Å². The molecule has 0 aromatic rings. The van der Waals surface area contributed by atoms with Crippen LogP contribution in [0, 0.1) is 11.8 Å². The standard InChI is InChI=1S/C10H16O5/c11-8(10(14)15)7(9(12)13)5-6-3-1-2-4-6/h6-8,11H,1-5H2,(H,12,13)(H,14,15)/t7-,8+/m1/s1. The van der Waals surface area contributed by atoms with Crippen LogP contribution in [-0.2, 0) is 9.59 Å². The van der Waals surface area contributed by atoms with Gasteiger partial charge in [-0.1, -0.05) is 25.7 Å². The first kappa shape index (κ1) is 12.0. The van der Waals surface area contributed by atoms with Crippen molar-refractivity contribution in [2.24, 2.45) is 11.8 Å². The molecule has 0 spiro atoms. The molecule has 5 nitrogen and oxygen atoms in total. The Morgan fingerprint density at radius 2 is 1.67 bits per heavy atom. The summed E-state index contributed by atoms with van der Waals surface area (Å²) >= 11 is 0. The molecule has 0 aromatic heterocycles. The molecule has 1 fully saturated rings. The first-order chi connectivity index (χ1) is 7.02. The van der Waals surface area contributed by atoms with Crippen LogP contribution >= 0.6 is 0 Å². The average Bonchev–Trinajstić information content (AvgIpc) is 2.64. The van der Waals surface area contributed by atoms with Gasteiger partial charge in [0.15, 0.2) is 6.10 Å². The highest BCUT2D eigenvalue weighted by atomic mass is 16.4. The summed E-state index contributed by atoms with van der Waals surface area (Å²) in [4.78, 5) is 21.3. The van der Waals surface area contributed by atoms with Gasteiger partial charge in [-0.15, -0.1) is 0 Å². The highest BCUT2D eigenvalue weighted by Gasteiger charge is 2.34. The molecule has 3 N–H and O–H groups in total. The van der Waals surface area contributed by atoms with Crippen molar-refractivity contribution in [3.8, 4) is 0 Å². The lowest BCUT2D eigenvalue weighted by Crippen LogP contribution is -2.35. The van der Waals surface area contributed by atoms with Gasteiger partial charge in [-0.2, -0.15) is 0 Å². The Bertz CT molecular complexity index is 244. The van der Waals surface area contributed by atoms with Crippen molar-refractivity contribution >= 4 is 11.9 Å². The van der Waals surface area contributed by atoms with Gasteiger partial charge in [-0.05, 0) is 12.3 Å². The number of hydrogen-bond donors (Lipinski definition) is 3. The molecule has 0 radical (unpaired) electrons. The molecule has 1 rings (SSSR count). The highest BCUT2D eigenvalue weighted by molar-refractivity contribution is 5.81. The summed E-state index contributed by atoms with van der Waals surface area (Å²) in [5, 5.41) is 26.6. The summed E-state index contributed by atoms with van der Waals surface area (Å²) in [6.45, 7) is 0.